The summed E-state index contributed by atoms with van der Waals surface area (Å²) < 4.78 is 4.50. The minimum atomic E-state index is 0.627. The summed E-state index contributed by atoms with van der Waals surface area (Å²) in [6.07, 6.45) is 1.76. The molecule has 3 aromatic rings. The molecule has 0 radical (unpaired) electrons. The Balaban J connectivity index is 2.41. The fourth-order valence-electron chi connectivity index (χ4n) is 1.82. The summed E-state index contributed by atoms with van der Waals surface area (Å²) in [7, 11) is 0. The van der Waals surface area contributed by atoms with Gasteiger partial charge < -0.3 is 4.98 Å². The Morgan fingerprint density at radius 1 is 1.22 bits per heavy atom. The number of rotatable bonds is 1. The third-order valence-corrected chi connectivity index (χ3v) is 4.04. The standard InChI is InChI=1S/C12H7Br2N3S/c13-7-3-4-8(14)10(6-7)17-11-9(16-12(17)18)2-1-5-15-11/h1-6H,(H,16,18). The van der Waals surface area contributed by atoms with E-state index in [1.165, 1.54) is 0 Å². The molecule has 2 aromatic heterocycles. The first kappa shape index (κ1) is 12.1. The van der Waals surface area contributed by atoms with E-state index in [-0.39, 0.29) is 0 Å². The number of pyridine rings is 1. The van der Waals surface area contributed by atoms with E-state index in [1.807, 2.05) is 34.9 Å². The number of nitrogens with zero attached hydrogens (tertiary/aromatic N) is 2. The van der Waals surface area contributed by atoms with Gasteiger partial charge in [-0.05, 0) is 58.5 Å². The summed E-state index contributed by atoms with van der Waals surface area (Å²) in [5.41, 5.74) is 2.70. The van der Waals surface area contributed by atoms with Crippen LogP contribution in [0.3, 0.4) is 0 Å². The van der Waals surface area contributed by atoms with Crippen LogP contribution in [0.25, 0.3) is 16.9 Å². The van der Waals surface area contributed by atoms with Crippen molar-refractivity contribution in [1.82, 2.24) is 14.5 Å². The lowest BCUT2D eigenvalue weighted by Gasteiger charge is -2.07. The molecule has 90 valence electrons. The van der Waals surface area contributed by atoms with Crippen molar-refractivity contribution in [3.8, 4) is 5.69 Å². The molecule has 0 unspecified atom stereocenters. The zero-order valence-electron chi connectivity index (χ0n) is 9.02. The lowest BCUT2D eigenvalue weighted by atomic mass is 10.3. The highest BCUT2D eigenvalue weighted by atomic mass is 79.9. The average Bonchev–Trinajstić information content (AvgIpc) is 2.68. The minimum absolute atomic E-state index is 0.627. The Morgan fingerprint density at radius 3 is 2.89 bits per heavy atom. The fourth-order valence-corrected chi connectivity index (χ4v) is 2.89. The summed E-state index contributed by atoms with van der Waals surface area (Å²) in [6, 6.07) is 9.79. The van der Waals surface area contributed by atoms with Crippen molar-refractivity contribution in [3.05, 3.63) is 50.2 Å². The SMILES string of the molecule is S=c1[nH]c2cccnc2n1-c1cc(Br)ccc1Br. The van der Waals surface area contributed by atoms with E-state index in [1.54, 1.807) is 6.20 Å². The lowest BCUT2D eigenvalue weighted by Crippen LogP contribution is -1.96. The second-order valence-corrected chi connectivity index (χ2v) is 5.89. The van der Waals surface area contributed by atoms with E-state index in [4.69, 9.17) is 12.2 Å². The predicted octanol–water partition coefficient (Wildman–Crippen LogP) is 4.61. The summed E-state index contributed by atoms with van der Waals surface area (Å²) in [5.74, 6) is 0. The number of halogens is 2. The van der Waals surface area contributed by atoms with Gasteiger partial charge >= 0.3 is 0 Å². The number of benzene rings is 1. The fraction of sp³-hybridized carbons (Fsp3) is 0. The van der Waals surface area contributed by atoms with Crippen LogP contribution in [0.4, 0.5) is 0 Å². The van der Waals surface area contributed by atoms with E-state index in [9.17, 15) is 0 Å². The van der Waals surface area contributed by atoms with Crippen LogP contribution >= 0.6 is 44.1 Å². The van der Waals surface area contributed by atoms with E-state index < -0.39 is 0 Å². The van der Waals surface area contributed by atoms with Crippen LogP contribution in [0.5, 0.6) is 0 Å². The highest BCUT2D eigenvalue weighted by Crippen LogP contribution is 2.27. The van der Waals surface area contributed by atoms with Gasteiger partial charge in [0.2, 0.25) is 0 Å². The lowest BCUT2D eigenvalue weighted by molar-refractivity contribution is 1.04. The Labute approximate surface area is 125 Å². The van der Waals surface area contributed by atoms with Crippen molar-refractivity contribution in [2.24, 2.45) is 0 Å². The van der Waals surface area contributed by atoms with Gasteiger partial charge in [0.25, 0.3) is 0 Å². The molecule has 0 saturated heterocycles. The van der Waals surface area contributed by atoms with Gasteiger partial charge in [0.1, 0.15) is 0 Å². The molecular weight excluding hydrogens is 378 g/mol. The maximum atomic E-state index is 5.37. The van der Waals surface area contributed by atoms with Crippen LogP contribution in [0, 0.1) is 4.77 Å². The molecule has 2 heterocycles. The van der Waals surface area contributed by atoms with Crippen LogP contribution in [0.15, 0.2) is 45.5 Å². The first-order chi connectivity index (χ1) is 8.66. The third kappa shape index (κ3) is 1.94. The summed E-state index contributed by atoms with van der Waals surface area (Å²) >= 11 is 12.4. The summed E-state index contributed by atoms with van der Waals surface area (Å²) in [6.45, 7) is 0. The van der Waals surface area contributed by atoms with E-state index in [0.717, 1.165) is 25.8 Å². The normalized spacial score (nSPS) is 11.0. The third-order valence-electron chi connectivity index (χ3n) is 2.59. The Bertz CT molecular complexity index is 791. The molecule has 0 saturated carbocycles. The van der Waals surface area contributed by atoms with E-state index in [0.29, 0.717) is 4.77 Å². The van der Waals surface area contributed by atoms with Crippen LogP contribution in [0.2, 0.25) is 0 Å². The van der Waals surface area contributed by atoms with Gasteiger partial charge in [-0.1, -0.05) is 15.9 Å². The highest BCUT2D eigenvalue weighted by molar-refractivity contribution is 9.11. The van der Waals surface area contributed by atoms with Crippen LogP contribution in [-0.4, -0.2) is 14.5 Å². The molecule has 6 heteroatoms. The van der Waals surface area contributed by atoms with Gasteiger partial charge in [0, 0.05) is 15.1 Å². The van der Waals surface area contributed by atoms with Crippen molar-refractivity contribution in [2.45, 2.75) is 0 Å². The van der Waals surface area contributed by atoms with Crippen LogP contribution in [-0.2, 0) is 0 Å². The first-order valence-corrected chi connectivity index (χ1v) is 7.17. The van der Waals surface area contributed by atoms with Gasteiger partial charge in [-0.2, -0.15) is 0 Å². The number of fused-ring (bicyclic) bond motifs is 1. The molecule has 0 aliphatic heterocycles. The molecular formula is C12H7Br2N3S. The number of hydrogen-bond donors (Lipinski definition) is 1. The highest BCUT2D eigenvalue weighted by Gasteiger charge is 2.10. The number of hydrogen-bond acceptors (Lipinski definition) is 2. The van der Waals surface area contributed by atoms with Gasteiger partial charge in [-0.3, -0.25) is 4.57 Å². The molecule has 0 spiro atoms. The smallest absolute Gasteiger partial charge is 0.184 e. The second-order valence-electron chi connectivity index (χ2n) is 3.74. The molecule has 0 aliphatic rings. The number of imidazole rings is 1. The van der Waals surface area contributed by atoms with E-state index in [2.05, 4.69) is 41.8 Å². The molecule has 0 atom stereocenters. The van der Waals surface area contributed by atoms with Crippen LogP contribution < -0.4 is 0 Å². The molecule has 0 fully saturated rings. The largest absolute Gasteiger partial charge is 0.329 e. The number of aromatic nitrogens is 3. The van der Waals surface area contributed by atoms with E-state index >= 15 is 0 Å². The van der Waals surface area contributed by atoms with Crippen molar-refractivity contribution < 1.29 is 0 Å². The molecule has 0 bridgehead atoms. The molecule has 1 aromatic carbocycles. The van der Waals surface area contributed by atoms with Gasteiger partial charge in [-0.25, -0.2) is 4.98 Å². The molecule has 0 aliphatic carbocycles. The molecule has 3 nitrogen and oxygen atoms in total. The first-order valence-electron chi connectivity index (χ1n) is 5.18. The van der Waals surface area contributed by atoms with Crippen molar-refractivity contribution in [1.29, 1.82) is 0 Å². The summed E-state index contributed by atoms with van der Waals surface area (Å²) in [5, 5.41) is 0. The molecule has 3 rings (SSSR count). The number of nitrogens with one attached hydrogen (secondary N) is 1. The monoisotopic (exact) mass is 383 g/mol. The molecule has 0 amide bonds. The molecule has 18 heavy (non-hydrogen) atoms. The number of aromatic amines is 1. The maximum absolute atomic E-state index is 5.37. The molecule has 1 N–H and O–H groups in total. The topological polar surface area (TPSA) is 33.6 Å². The van der Waals surface area contributed by atoms with Gasteiger partial charge in [0.15, 0.2) is 10.4 Å². The van der Waals surface area contributed by atoms with Crippen molar-refractivity contribution in [2.75, 3.05) is 0 Å². The Morgan fingerprint density at radius 2 is 2.06 bits per heavy atom. The maximum Gasteiger partial charge on any atom is 0.184 e. The van der Waals surface area contributed by atoms with Gasteiger partial charge in [-0.15, -0.1) is 0 Å². The zero-order chi connectivity index (χ0) is 12.7. The van der Waals surface area contributed by atoms with Crippen molar-refractivity contribution in [3.63, 3.8) is 0 Å². The number of H-pyrrole nitrogens is 1. The predicted molar refractivity (Wildman–Crippen MR) is 81.7 cm³/mol. The second kappa shape index (κ2) is 4.60. The van der Waals surface area contributed by atoms with Gasteiger partial charge in [0.05, 0.1) is 11.2 Å². The average molecular weight is 385 g/mol. The quantitative estimate of drug-likeness (QED) is 0.621. The Hall–Kier alpha value is -0.980. The minimum Gasteiger partial charge on any atom is -0.329 e. The summed E-state index contributed by atoms with van der Waals surface area (Å²) in [4.78, 5) is 7.53. The zero-order valence-corrected chi connectivity index (χ0v) is 13.0. The van der Waals surface area contributed by atoms with Crippen LogP contribution in [0.1, 0.15) is 0 Å². The van der Waals surface area contributed by atoms with Crippen molar-refractivity contribution >= 4 is 55.2 Å². The Kier molecular flexibility index (Phi) is 3.09.